The van der Waals surface area contributed by atoms with Crippen LogP contribution in [0.3, 0.4) is 0 Å². The average molecular weight is 220 g/mol. The van der Waals surface area contributed by atoms with Gasteiger partial charge in [-0.2, -0.15) is 13.2 Å². The number of halogens is 3. The molecule has 0 aliphatic rings. The molecular formula is C9H11F3N2O. The fourth-order valence-electron chi connectivity index (χ4n) is 1.10. The zero-order valence-corrected chi connectivity index (χ0v) is 7.83. The van der Waals surface area contributed by atoms with Crippen molar-refractivity contribution < 1.29 is 18.3 Å². The molecule has 1 atom stereocenters. The van der Waals surface area contributed by atoms with Crippen molar-refractivity contribution in [2.45, 2.75) is 18.6 Å². The molecule has 0 amide bonds. The van der Waals surface area contributed by atoms with E-state index in [9.17, 15) is 13.2 Å². The summed E-state index contributed by atoms with van der Waals surface area (Å²) in [7, 11) is 0. The third-order valence-corrected chi connectivity index (χ3v) is 1.88. The summed E-state index contributed by atoms with van der Waals surface area (Å²) in [5.74, 6) is 0. The Morgan fingerprint density at radius 1 is 1.40 bits per heavy atom. The van der Waals surface area contributed by atoms with Crippen LogP contribution in [0.1, 0.15) is 23.9 Å². The molecule has 0 radical (unpaired) electrons. The predicted octanol–water partition coefficient (Wildman–Crippen LogP) is 1.48. The highest BCUT2D eigenvalue weighted by molar-refractivity contribution is 5.16. The summed E-state index contributed by atoms with van der Waals surface area (Å²) in [6, 6.07) is 2.88. The van der Waals surface area contributed by atoms with E-state index in [1.807, 2.05) is 0 Å². The van der Waals surface area contributed by atoms with Gasteiger partial charge in [0, 0.05) is 12.6 Å². The zero-order valence-electron chi connectivity index (χ0n) is 7.83. The fraction of sp³-hybridized carbons (Fsp3) is 0.444. The van der Waals surface area contributed by atoms with Crippen LogP contribution >= 0.6 is 0 Å². The van der Waals surface area contributed by atoms with Crippen LogP contribution in [0.15, 0.2) is 18.2 Å². The highest BCUT2D eigenvalue weighted by Crippen LogP contribution is 2.28. The number of rotatable bonds is 3. The molecule has 3 nitrogen and oxygen atoms in total. The second-order valence-corrected chi connectivity index (χ2v) is 3.06. The maximum atomic E-state index is 12.3. The maximum absolute atomic E-state index is 12.3. The Bertz CT molecular complexity index is 327. The molecule has 0 saturated heterocycles. The standard InChI is InChI=1S/C9H11F3N2O/c10-9(11,12)8-3-1-2-7(14-8)6(13)4-5-15/h1-3,6,15H,4-5,13H2/t6-/m1/s1. The Balaban J connectivity index is 2.92. The van der Waals surface area contributed by atoms with Crippen LogP contribution in [0.2, 0.25) is 0 Å². The minimum atomic E-state index is -4.46. The van der Waals surface area contributed by atoms with Crippen molar-refractivity contribution in [3.8, 4) is 0 Å². The minimum absolute atomic E-state index is 0.138. The van der Waals surface area contributed by atoms with Gasteiger partial charge in [-0.1, -0.05) is 6.07 Å². The first kappa shape index (κ1) is 11.9. The van der Waals surface area contributed by atoms with Crippen molar-refractivity contribution in [1.82, 2.24) is 4.98 Å². The number of alkyl halides is 3. The fourth-order valence-corrected chi connectivity index (χ4v) is 1.10. The molecule has 84 valence electrons. The molecule has 1 heterocycles. The predicted molar refractivity (Wildman–Crippen MR) is 47.9 cm³/mol. The van der Waals surface area contributed by atoms with E-state index in [-0.39, 0.29) is 18.7 Å². The van der Waals surface area contributed by atoms with Gasteiger partial charge in [0.15, 0.2) is 0 Å². The van der Waals surface area contributed by atoms with E-state index in [2.05, 4.69) is 4.98 Å². The van der Waals surface area contributed by atoms with Gasteiger partial charge in [-0.15, -0.1) is 0 Å². The molecule has 0 spiro atoms. The van der Waals surface area contributed by atoms with Crippen molar-refractivity contribution in [1.29, 1.82) is 0 Å². The lowest BCUT2D eigenvalue weighted by Gasteiger charge is -2.12. The largest absolute Gasteiger partial charge is 0.433 e. The number of aliphatic hydroxyl groups is 1. The molecule has 0 bridgehead atoms. The van der Waals surface area contributed by atoms with E-state index in [1.54, 1.807) is 0 Å². The number of aliphatic hydroxyl groups excluding tert-OH is 1. The van der Waals surface area contributed by atoms with Gasteiger partial charge in [0.05, 0.1) is 5.69 Å². The SMILES string of the molecule is N[C@H](CCO)c1cccc(C(F)(F)F)n1. The summed E-state index contributed by atoms with van der Waals surface area (Å²) >= 11 is 0. The number of nitrogens with two attached hydrogens (primary N) is 1. The van der Waals surface area contributed by atoms with Gasteiger partial charge in [0.25, 0.3) is 0 Å². The van der Waals surface area contributed by atoms with Gasteiger partial charge >= 0.3 is 6.18 Å². The first-order valence-corrected chi connectivity index (χ1v) is 4.35. The molecule has 6 heteroatoms. The van der Waals surface area contributed by atoms with Crippen LogP contribution in [0.4, 0.5) is 13.2 Å². The topological polar surface area (TPSA) is 59.1 Å². The molecule has 0 fully saturated rings. The normalized spacial score (nSPS) is 13.9. The van der Waals surface area contributed by atoms with Crippen LogP contribution in [0, 0.1) is 0 Å². The summed E-state index contributed by atoms with van der Waals surface area (Å²) in [6.07, 6.45) is -4.27. The van der Waals surface area contributed by atoms with Crippen molar-refractivity contribution in [2.75, 3.05) is 6.61 Å². The Labute approximate surface area is 84.7 Å². The molecule has 0 aliphatic carbocycles. The maximum Gasteiger partial charge on any atom is 0.433 e. The lowest BCUT2D eigenvalue weighted by Crippen LogP contribution is -2.16. The Morgan fingerprint density at radius 2 is 2.07 bits per heavy atom. The van der Waals surface area contributed by atoms with Gasteiger partial charge in [-0.25, -0.2) is 4.98 Å². The number of pyridine rings is 1. The summed E-state index contributed by atoms with van der Waals surface area (Å²) in [5, 5.41) is 8.60. The number of nitrogens with zero attached hydrogens (tertiary/aromatic N) is 1. The second kappa shape index (κ2) is 4.59. The van der Waals surface area contributed by atoms with Gasteiger partial charge in [-0.3, -0.25) is 0 Å². The summed E-state index contributed by atoms with van der Waals surface area (Å²) < 4.78 is 36.8. The van der Waals surface area contributed by atoms with Crippen molar-refractivity contribution in [3.63, 3.8) is 0 Å². The zero-order chi connectivity index (χ0) is 11.5. The number of hydrogen-bond acceptors (Lipinski definition) is 3. The van der Waals surface area contributed by atoms with Crippen LogP contribution in [-0.2, 0) is 6.18 Å². The average Bonchev–Trinajstić information content (AvgIpc) is 2.17. The van der Waals surface area contributed by atoms with E-state index in [0.717, 1.165) is 6.07 Å². The van der Waals surface area contributed by atoms with E-state index in [1.165, 1.54) is 12.1 Å². The molecule has 15 heavy (non-hydrogen) atoms. The highest BCUT2D eigenvalue weighted by atomic mass is 19.4. The van der Waals surface area contributed by atoms with Gasteiger partial charge < -0.3 is 10.8 Å². The highest BCUT2D eigenvalue weighted by Gasteiger charge is 2.32. The van der Waals surface area contributed by atoms with Crippen molar-refractivity contribution >= 4 is 0 Å². The van der Waals surface area contributed by atoms with Gasteiger partial charge in [0.1, 0.15) is 5.69 Å². The summed E-state index contributed by atoms with van der Waals surface area (Å²) in [6.45, 7) is -0.181. The molecule has 0 aliphatic heterocycles. The molecule has 0 aromatic carbocycles. The molecule has 1 aromatic heterocycles. The monoisotopic (exact) mass is 220 g/mol. The van der Waals surface area contributed by atoms with E-state index in [4.69, 9.17) is 10.8 Å². The Kier molecular flexibility index (Phi) is 3.65. The lowest BCUT2D eigenvalue weighted by molar-refractivity contribution is -0.141. The Hall–Kier alpha value is -1.14. The lowest BCUT2D eigenvalue weighted by atomic mass is 10.1. The third kappa shape index (κ3) is 3.17. The van der Waals surface area contributed by atoms with Crippen molar-refractivity contribution in [3.05, 3.63) is 29.6 Å². The molecule has 3 N–H and O–H groups in total. The van der Waals surface area contributed by atoms with E-state index < -0.39 is 17.9 Å². The summed E-state index contributed by atoms with van der Waals surface area (Å²) in [4.78, 5) is 3.40. The Morgan fingerprint density at radius 3 is 2.60 bits per heavy atom. The third-order valence-electron chi connectivity index (χ3n) is 1.88. The second-order valence-electron chi connectivity index (χ2n) is 3.06. The van der Waals surface area contributed by atoms with Crippen LogP contribution in [-0.4, -0.2) is 16.7 Å². The van der Waals surface area contributed by atoms with Gasteiger partial charge in [0.2, 0.25) is 0 Å². The number of aromatic nitrogens is 1. The van der Waals surface area contributed by atoms with Crippen LogP contribution in [0.25, 0.3) is 0 Å². The smallest absolute Gasteiger partial charge is 0.396 e. The quantitative estimate of drug-likeness (QED) is 0.811. The molecule has 1 rings (SSSR count). The van der Waals surface area contributed by atoms with Gasteiger partial charge in [-0.05, 0) is 18.6 Å². The summed E-state index contributed by atoms with van der Waals surface area (Å²) in [5.41, 5.74) is 4.70. The molecule has 0 saturated carbocycles. The molecule has 1 aromatic rings. The molecule has 0 unspecified atom stereocenters. The molecular weight excluding hydrogens is 209 g/mol. The van der Waals surface area contributed by atoms with Crippen LogP contribution in [0.5, 0.6) is 0 Å². The van der Waals surface area contributed by atoms with E-state index in [0.29, 0.717) is 0 Å². The minimum Gasteiger partial charge on any atom is -0.396 e. The first-order chi connectivity index (χ1) is 6.95. The van der Waals surface area contributed by atoms with Crippen molar-refractivity contribution in [2.24, 2.45) is 5.73 Å². The van der Waals surface area contributed by atoms with E-state index >= 15 is 0 Å². The number of hydrogen-bond donors (Lipinski definition) is 2. The first-order valence-electron chi connectivity index (χ1n) is 4.35. The van der Waals surface area contributed by atoms with Crippen LogP contribution < -0.4 is 5.73 Å².